The molecule has 4 nitrogen and oxygen atoms in total. The Balaban J connectivity index is 2.71. The fourth-order valence-corrected chi connectivity index (χ4v) is 1.56. The van der Waals surface area contributed by atoms with Gasteiger partial charge in [-0.1, -0.05) is 0 Å². The average molecular weight is 252 g/mol. The zero-order valence-corrected chi connectivity index (χ0v) is 11.9. The van der Waals surface area contributed by atoms with Gasteiger partial charge in [0.05, 0.1) is 0 Å². The lowest BCUT2D eigenvalue weighted by atomic mass is 10.0. The summed E-state index contributed by atoms with van der Waals surface area (Å²) in [4.78, 5) is 2.15. The molecule has 0 aliphatic rings. The Morgan fingerprint density at radius 1 is 1.28 bits per heavy atom. The molecule has 1 atom stereocenters. The Morgan fingerprint density at radius 3 is 2.44 bits per heavy atom. The first kappa shape index (κ1) is 14.8. The van der Waals surface area contributed by atoms with Gasteiger partial charge in [0.2, 0.25) is 0 Å². The summed E-state index contributed by atoms with van der Waals surface area (Å²) in [6, 6.07) is 4.57. The van der Waals surface area contributed by atoms with Crippen LogP contribution in [-0.4, -0.2) is 41.3 Å². The number of nitrogens with one attached hydrogen (secondary N) is 1. The normalized spacial score (nSPS) is 13.9. The molecule has 0 heterocycles. The highest BCUT2D eigenvalue weighted by Gasteiger charge is 2.21. The van der Waals surface area contributed by atoms with E-state index in [4.69, 9.17) is 0 Å². The SMILES string of the molecule is CC(NCC(C)(C)N(C)C)c1cc(O)ccc1O. The van der Waals surface area contributed by atoms with Gasteiger partial charge in [-0.05, 0) is 53.1 Å². The van der Waals surface area contributed by atoms with Gasteiger partial charge in [0, 0.05) is 23.7 Å². The highest BCUT2D eigenvalue weighted by molar-refractivity contribution is 5.40. The van der Waals surface area contributed by atoms with Crippen molar-refractivity contribution in [2.75, 3.05) is 20.6 Å². The van der Waals surface area contributed by atoms with Gasteiger partial charge in [0.1, 0.15) is 11.5 Å². The number of nitrogens with zero attached hydrogens (tertiary/aromatic N) is 1. The van der Waals surface area contributed by atoms with Crippen LogP contribution in [0.1, 0.15) is 32.4 Å². The van der Waals surface area contributed by atoms with Gasteiger partial charge in [0.25, 0.3) is 0 Å². The van der Waals surface area contributed by atoms with Crippen LogP contribution in [0.15, 0.2) is 18.2 Å². The van der Waals surface area contributed by atoms with E-state index in [-0.39, 0.29) is 23.1 Å². The summed E-state index contributed by atoms with van der Waals surface area (Å²) in [5.74, 6) is 0.374. The average Bonchev–Trinajstić information content (AvgIpc) is 2.29. The van der Waals surface area contributed by atoms with Crippen molar-refractivity contribution in [2.24, 2.45) is 0 Å². The summed E-state index contributed by atoms with van der Waals surface area (Å²) >= 11 is 0. The van der Waals surface area contributed by atoms with Crippen LogP contribution in [0.25, 0.3) is 0 Å². The zero-order valence-electron chi connectivity index (χ0n) is 11.9. The molecule has 1 rings (SSSR count). The van der Waals surface area contributed by atoms with E-state index in [9.17, 15) is 10.2 Å². The molecule has 0 saturated heterocycles. The van der Waals surface area contributed by atoms with Crippen molar-refractivity contribution in [3.8, 4) is 11.5 Å². The summed E-state index contributed by atoms with van der Waals surface area (Å²) in [7, 11) is 4.08. The topological polar surface area (TPSA) is 55.7 Å². The Labute approximate surface area is 109 Å². The van der Waals surface area contributed by atoms with Gasteiger partial charge in [-0.25, -0.2) is 0 Å². The summed E-state index contributed by atoms with van der Waals surface area (Å²) in [6.07, 6.45) is 0. The highest BCUT2D eigenvalue weighted by atomic mass is 16.3. The summed E-state index contributed by atoms with van der Waals surface area (Å²) in [6.45, 7) is 7.06. The standard InChI is InChI=1S/C14H24N2O2/c1-10(15-9-14(2,3)16(4)5)12-8-11(17)6-7-13(12)18/h6-8,10,15,17-18H,9H2,1-5H3. The second-order valence-corrected chi connectivity index (χ2v) is 5.55. The third-order valence-electron chi connectivity index (χ3n) is 3.53. The molecule has 1 aromatic rings. The van der Waals surface area contributed by atoms with Crippen LogP contribution in [-0.2, 0) is 0 Å². The maximum absolute atomic E-state index is 9.78. The van der Waals surface area contributed by atoms with E-state index in [0.717, 1.165) is 6.54 Å². The highest BCUT2D eigenvalue weighted by Crippen LogP contribution is 2.28. The van der Waals surface area contributed by atoms with Crippen LogP contribution >= 0.6 is 0 Å². The first-order chi connectivity index (χ1) is 8.24. The molecule has 0 radical (unpaired) electrons. The molecule has 0 saturated carbocycles. The number of rotatable bonds is 5. The van der Waals surface area contributed by atoms with E-state index in [1.54, 1.807) is 6.07 Å². The molecule has 102 valence electrons. The molecule has 0 spiro atoms. The summed E-state index contributed by atoms with van der Waals surface area (Å²) in [5.41, 5.74) is 0.741. The van der Waals surface area contributed by atoms with Gasteiger partial charge in [-0.2, -0.15) is 0 Å². The van der Waals surface area contributed by atoms with Crippen molar-refractivity contribution in [3.63, 3.8) is 0 Å². The van der Waals surface area contributed by atoms with Gasteiger partial charge in [-0.15, -0.1) is 0 Å². The maximum atomic E-state index is 9.78. The first-order valence-electron chi connectivity index (χ1n) is 6.17. The van der Waals surface area contributed by atoms with Crippen LogP contribution in [0, 0.1) is 0 Å². The number of aromatic hydroxyl groups is 2. The molecular weight excluding hydrogens is 228 g/mol. The maximum Gasteiger partial charge on any atom is 0.120 e. The first-order valence-corrected chi connectivity index (χ1v) is 6.17. The third-order valence-corrected chi connectivity index (χ3v) is 3.53. The predicted molar refractivity (Wildman–Crippen MR) is 74.0 cm³/mol. The second kappa shape index (κ2) is 5.59. The van der Waals surface area contributed by atoms with Crippen molar-refractivity contribution < 1.29 is 10.2 Å². The molecule has 0 bridgehead atoms. The minimum atomic E-state index is -0.0173. The smallest absolute Gasteiger partial charge is 0.120 e. The molecule has 3 N–H and O–H groups in total. The lowest BCUT2D eigenvalue weighted by Crippen LogP contribution is -2.47. The fourth-order valence-electron chi connectivity index (χ4n) is 1.56. The summed E-state index contributed by atoms with van der Waals surface area (Å²) < 4.78 is 0. The van der Waals surface area contributed by atoms with Crippen LogP contribution in [0.5, 0.6) is 11.5 Å². The molecule has 0 aliphatic carbocycles. The quantitative estimate of drug-likeness (QED) is 0.702. The zero-order chi connectivity index (χ0) is 13.9. The van der Waals surface area contributed by atoms with E-state index < -0.39 is 0 Å². The molecule has 0 amide bonds. The number of phenols is 2. The lowest BCUT2D eigenvalue weighted by molar-refractivity contribution is 0.185. The van der Waals surface area contributed by atoms with E-state index in [2.05, 4.69) is 24.1 Å². The van der Waals surface area contributed by atoms with Crippen molar-refractivity contribution in [1.29, 1.82) is 0 Å². The number of likely N-dealkylation sites (N-methyl/N-ethyl adjacent to an activating group) is 1. The van der Waals surface area contributed by atoms with E-state index in [0.29, 0.717) is 5.56 Å². The van der Waals surface area contributed by atoms with Crippen molar-refractivity contribution >= 4 is 0 Å². The van der Waals surface area contributed by atoms with Crippen LogP contribution in [0.4, 0.5) is 0 Å². The minimum absolute atomic E-state index is 0.0173. The molecule has 0 aromatic heterocycles. The predicted octanol–water partition coefficient (Wildman–Crippen LogP) is 2.09. The molecular formula is C14H24N2O2. The molecule has 1 unspecified atom stereocenters. The Bertz CT molecular complexity index is 403. The van der Waals surface area contributed by atoms with Gasteiger partial charge < -0.3 is 20.4 Å². The third kappa shape index (κ3) is 3.62. The van der Waals surface area contributed by atoms with E-state index in [1.807, 2.05) is 21.0 Å². The molecule has 1 aromatic carbocycles. The Hall–Kier alpha value is -1.26. The van der Waals surface area contributed by atoms with Crippen molar-refractivity contribution in [1.82, 2.24) is 10.2 Å². The van der Waals surface area contributed by atoms with Gasteiger partial charge in [-0.3, -0.25) is 0 Å². The second-order valence-electron chi connectivity index (χ2n) is 5.55. The Morgan fingerprint density at radius 2 is 1.89 bits per heavy atom. The number of phenolic OH excluding ortho intramolecular Hbond substituents is 2. The monoisotopic (exact) mass is 252 g/mol. The molecule has 18 heavy (non-hydrogen) atoms. The Kier molecular flexibility index (Phi) is 4.59. The minimum Gasteiger partial charge on any atom is -0.508 e. The van der Waals surface area contributed by atoms with Crippen LogP contribution in [0.3, 0.4) is 0 Å². The van der Waals surface area contributed by atoms with Gasteiger partial charge >= 0.3 is 0 Å². The van der Waals surface area contributed by atoms with Crippen molar-refractivity contribution in [3.05, 3.63) is 23.8 Å². The number of hydrogen-bond donors (Lipinski definition) is 3. The van der Waals surface area contributed by atoms with E-state index >= 15 is 0 Å². The molecule has 0 fully saturated rings. The van der Waals surface area contributed by atoms with E-state index in [1.165, 1.54) is 12.1 Å². The lowest BCUT2D eigenvalue weighted by Gasteiger charge is -2.34. The fraction of sp³-hybridized carbons (Fsp3) is 0.571. The van der Waals surface area contributed by atoms with Crippen LogP contribution in [0.2, 0.25) is 0 Å². The number of hydrogen-bond acceptors (Lipinski definition) is 4. The molecule has 0 aliphatic heterocycles. The number of benzene rings is 1. The van der Waals surface area contributed by atoms with Crippen molar-refractivity contribution in [2.45, 2.75) is 32.4 Å². The van der Waals surface area contributed by atoms with Crippen LogP contribution < -0.4 is 5.32 Å². The van der Waals surface area contributed by atoms with Gasteiger partial charge in [0.15, 0.2) is 0 Å². The summed E-state index contributed by atoms with van der Waals surface area (Å²) in [5, 5.41) is 22.6. The largest absolute Gasteiger partial charge is 0.508 e. The molecule has 4 heteroatoms.